The predicted octanol–water partition coefficient (Wildman–Crippen LogP) is 7.81. The molecule has 1 heterocycles. The van der Waals surface area contributed by atoms with E-state index in [1.165, 1.54) is 0 Å². The summed E-state index contributed by atoms with van der Waals surface area (Å²) in [7, 11) is 3.98. The first kappa shape index (κ1) is 32.7. The SMILES string of the molecule is C[C@H](c1ccccc1)N(C(=O)c1ccccc1C(=O)N[C@H]1CC[C@@H](Nc2nc(N(C)C)c3ccccc3n2)CC1)[C@H](C)c1ccccc1. The molecule has 48 heavy (non-hydrogen) atoms. The minimum Gasteiger partial charge on any atom is -0.362 e. The molecule has 2 atom stereocenters. The van der Waals surface area contributed by atoms with Gasteiger partial charge in [0.05, 0.1) is 28.7 Å². The molecular formula is C40H44N6O2. The molecule has 0 bridgehead atoms. The van der Waals surface area contributed by atoms with Gasteiger partial charge in [0.2, 0.25) is 5.95 Å². The highest BCUT2D eigenvalue weighted by Crippen LogP contribution is 2.33. The number of para-hydroxylation sites is 1. The second-order valence-corrected chi connectivity index (χ2v) is 12.9. The molecule has 1 aliphatic carbocycles. The van der Waals surface area contributed by atoms with Crippen molar-refractivity contribution in [2.45, 2.75) is 63.7 Å². The molecule has 5 aromatic rings. The van der Waals surface area contributed by atoms with Gasteiger partial charge in [-0.1, -0.05) is 84.9 Å². The third-order valence-electron chi connectivity index (χ3n) is 9.44. The summed E-state index contributed by atoms with van der Waals surface area (Å²) in [6, 6.07) is 35.1. The minimum atomic E-state index is -0.219. The highest BCUT2D eigenvalue weighted by molar-refractivity contribution is 6.07. The maximum absolute atomic E-state index is 14.5. The predicted molar refractivity (Wildman–Crippen MR) is 193 cm³/mol. The van der Waals surface area contributed by atoms with Crippen molar-refractivity contribution in [3.05, 3.63) is 131 Å². The van der Waals surface area contributed by atoms with Crippen molar-refractivity contribution in [1.82, 2.24) is 20.2 Å². The first-order chi connectivity index (χ1) is 23.3. The fraction of sp³-hybridized carbons (Fsp3) is 0.300. The lowest BCUT2D eigenvalue weighted by atomic mass is 9.90. The number of benzene rings is 4. The normalized spacial score (nSPS) is 17.2. The summed E-state index contributed by atoms with van der Waals surface area (Å²) in [6.45, 7) is 4.10. The molecule has 1 fully saturated rings. The van der Waals surface area contributed by atoms with Crippen molar-refractivity contribution in [1.29, 1.82) is 0 Å². The number of rotatable bonds is 10. The summed E-state index contributed by atoms with van der Waals surface area (Å²) in [5.41, 5.74) is 3.78. The van der Waals surface area contributed by atoms with E-state index in [0.717, 1.165) is 53.5 Å². The van der Waals surface area contributed by atoms with E-state index in [4.69, 9.17) is 9.97 Å². The Labute approximate surface area is 283 Å². The van der Waals surface area contributed by atoms with Gasteiger partial charge in [0.15, 0.2) is 0 Å². The lowest BCUT2D eigenvalue weighted by Gasteiger charge is -2.36. The van der Waals surface area contributed by atoms with Crippen molar-refractivity contribution in [2.75, 3.05) is 24.3 Å². The van der Waals surface area contributed by atoms with E-state index < -0.39 is 0 Å². The largest absolute Gasteiger partial charge is 0.362 e. The Morgan fingerprint density at radius 2 is 1.19 bits per heavy atom. The number of nitrogens with zero attached hydrogens (tertiary/aromatic N) is 4. The van der Waals surface area contributed by atoms with Gasteiger partial charge in [0.25, 0.3) is 11.8 Å². The van der Waals surface area contributed by atoms with E-state index in [1.807, 2.05) is 135 Å². The van der Waals surface area contributed by atoms with Crippen LogP contribution in [-0.4, -0.2) is 52.9 Å². The highest BCUT2D eigenvalue weighted by atomic mass is 16.2. The summed E-state index contributed by atoms with van der Waals surface area (Å²) in [5, 5.41) is 7.81. The highest BCUT2D eigenvalue weighted by Gasteiger charge is 2.32. The van der Waals surface area contributed by atoms with Crippen LogP contribution in [0.5, 0.6) is 0 Å². The van der Waals surface area contributed by atoms with Crippen LogP contribution in [0.3, 0.4) is 0 Å². The number of nitrogens with one attached hydrogen (secondary N) is 2. The van der Waals surface area contributed by atoms with E-state index in [0.29, 0.717) is 17.1 Å². The Bertz CT molecular complexity index is 1810. The topological polar surface area (TPSA) is 90.5 Å². The standard InChI is InChI=1S/C40H44N6O2/c1-27(29-15-7-5-8-16-29)46(28(2)30-17-9-6-10-18-30)39(48)34-20-12-11-19-33(34)38(47)41-31-23-25-32(26-24-31)42-40-43-36-22-14-13-21-35(36)37(44-40)45(3)4/h5-22,27-28,31-32H,23-26H2,1-4H3,(H,41,47)(H,42,43,44)/t27-,28-,31-,32+/m1/s1. The number of aromatic nitrogens is 2. The van der Waals surface area contributed by atoms with E-state index in [1.54, 1.807) is 12.1 Å². The zero-order valence-corrected chi connectivity index (χ0v) is 28.1. The van der Waals surface area contributed by atoms with Crippen molar-refractivity contribution < 1.29 is 9.59 Å². The lowest BCUT2D eigenvalue weighted by Crippen LogP contribution is -2.41. The molecule has 0 aliphatic heterocycles. The van der Waals surface area contributed by atoms with Crippen molar-refractivity contribution in [2.24, 2.45) is 0 Å². The van der Waals surface area contributed by atoms with Crippen LogP contribution >= 0.6 is 0 Å². The zero-order valence-electron chi connectivity index (χ0n) is 28.1. The summed E-state index contributed by atoms with van der Waals surface area (Å²) in [6.07, 6.45) is 3.37. The van der Waals surface area contributed by atoms with E-state index in [2.05, 4.69) is 10.6 Å². The van der Waals surface area contributed by atoms with Crippen LogP contribution < -0.4 is 15.5 Å². The molecule has 4 aromatic carbocycles. The summed E-state index contributed by atoms with van der Waals surface area (Å²) in [5.74, 6) is 1.11. The van der Waals surface area contributed by atoms with Gasteiger partial charge < -0.3 is 20.4 Å². The Morgan fingerprint density at radius 1 is 0.667 bits per heavy atom. The van der Waals surface area contributed by atoms with Crippen LogP contribution in [0.25, 0.3) is 10.9 Å². The number of carbonyl (C=O) groups is 2. The second-order valence-electron chi connectivity index (χ2n) is 12.9. The quantitative estimate of drug-likeness (QED) is 0.162. The van der Waals surface area contributed by atoms with E-state index in [9.17, 15) is 9.59 Å². The van der Waals surface area contributed by atoms with Crippen LogP contribution in [0, 0.1) is 0 Å². The molecule has 0 unspecified atom stereocenters. The monoisotopic (exact) mass is 640 g/mol. The van der Waals surface area contributed by atoms with Crippen LogP contribution in [-0.2, 0) is 0 Å². The molecule has 1 saturated carbocycles. The number of hydrogen-bond acceptors (Lipinski definition) is 6. The summed E-state index contributed by atoms with van der Waals surface area (Å²) >= 11 is 0. The van der Waals surface area contributed by atoms with Gasteiger partial charge in [-0.3, -0.25) is 9.59 Å². The van der Waals surface area contributed by atoms with Crippen LogP contribution in [0.4, 0.5) is 11.8 Å². The molecule has 246 valence electrons. The van der Waals surface area contributed by atoms with Crippen LogP contribution in [0.1, 0.15) is 83.5 Å². The molecule has 0 saturated heterocycles. The van der Waals surface area contributed by atoms with Gasteiger partial charge in [0, 0.05) is 31.6 Å². The third-order valence-corrected chi connectivity index (χ3v) is 9.44. The Hall–Kier alpha value is -5.24. The molecule has 1 aromatic heterocycles. The molecule has 6 rings (SSSR count). The van der Waals surface area contributed by atoms with Gasteiger partial charge in [-0.15, -0.1) is 0 Å². The molecule has 2 N–H and O–H groups in total. The molecule has 1 aliphatic rings. The number of anilines is 2. The van der Waals surface area contributed by atoms with Gasteiger partial charge in [-0.05, 0) is 74.9 Å². The van der Waals surface area contributed by atoms with Gasteiger partial charge in [0.1, 0.15) is 5.82 Å². The number of fused-ring (bicyclic) bond motifs is 1. The molecule has 2 amide bonds. The molecule has 0 radical (unpaired) electrons. The van der Waals surface area contributed by atoms with Crippen molar-refractivity contribution in [3.63, 3.8) is 0 Å². The van der Waals surface area contributed by atoms with Crippen molar-refractivity contribution >= 4 is 34.5 Å². The molecular weight excluding hydrogens is 596 g/mol. The van der Waals surface area contributed by atoms with E-state index in [-0.39, 0.29) is 36.0 Å². The Balaban J connectivity index is 1.15. The number of hydrogen-bond donors (Lipinski definition) is 2. The second kappa shape index (κ2) is 14.7. The van der Waals surface area contributed by atoms with Gasteiger partial charge in [-0.25, -0.2) is 4.98 Å². The van der Waals surface area contributed by atoms with Crippen molar-refractivity contribution in [3.8, 4) is 0 Å². The Morgan fingerprint density at radius 3 is 1.79 bits per heavy atom. The van der Waals surface area contributed by atoms with E-state index >= 15 is 0 Å². The van der Waals surface area contributed by atoms with Gasteiger partial charge >= 0.3 is 0 Å². The average Bonchev–Trinajstić information content (AvgIpc) is 3.12. The van der Waals surface area contributed by atoms with Crippen LogP contribution in [0.2, 0.25) is 0 Å². The fourth-order valence-electron chi connectivity index (χ4n) is 6.77. The fourth-order valence-corrected chi connectivity index (χ4v) is 6.77. The lowest BCUT2D eigenvalue weighted by molar-refractivity contribution is 0.0599. The first-order valence-electron chi connectivity index (χ1n) is 16.8. The molecule has 8 heteroatoms. The smallest absolute Gasteiger partial charge is 0.255 e. The Kier molecular flexibility index (Phi) is 9.99. The minimum absolute atomic E-state index is 0.0103. The summed E-state index contributed by atoms with van der Waals surface area (Å²) < 4.78 is 0. The number of carbonyl (C=O) groups excluding carboxylic acids is 2. The number of amides is 2. The maximum atomic E-state index is 14.5. The summed E-state index contributed by atoms with van der Waals surface area (Å²) in [4.78, 5) is 41.8. The maximum Gasteiger partial charge on any atom is 0.255 e. The zero-order chi connectivity index (χ0) is 33.6. The van der Waals surface area contributed by atoms with Crippen LogP contribution in [0.15, 0.2) is 109 Å². The molecule has 8 nitrogen and oxygen atoms in total. The molecule has 0 spiro atoms. The average molecular weight is 641 g/mol. The van der Waals surface area contributed by atoms with Gasteiger partial charge in [-0.2, -0.15) is 4.98 Å². The first-order valence-corrected chi connectivity index (χ1v) is 16.8. The third kappa shape index (κ3) is 7.18.